The van der Waals surface area contributed by atoms with Crippen molar-refractivity contribution in [1.29, 1.82) is 0 Å². The van der Waals surface area contributed by atoms with Crippen molar-refractivity contribution < 1.29 is 0 Å². The number of aromatic nitrogens is 3. The molecule has 0 aromatic carbocycles. The van der Waals surface area contributed by atoms with E-state index >= 15 is 0 Å². The maximum Gasteiger partial charge on any atom is 0.330 e. The number of hydrogen-bond acceptors (Lipinski definition) is 5. The largest absolute Gasteiger partial charge is 0.330 e. The normalized spacial score (nSPS) is 10.8. The monoisotopic (exact) mass is 280 g/mol. The number of thiazole rings is 1. The molecule has 2 aromatic heterocycles. The molecule has 0 aliphatic carbocycles. The molecule has 0 bridgehead atoms. The van der Waals surface area contributed by atoms with Crippen molar-refractivity contribution in [2.75, 3.05) is 6.54 Å². The van der Waals surface area contributed by atoms with Crippen LogP contribution in [-0.4, -0.2) is 20.7 Å². The molecule has 1 N–H and O–H groups in total. The van der Waals surface area contributed by atoms with Crippen LogP contribution in [-0.2, 0) is 27.1 Å². The van der Waals surface area contributed by atoms with Gasteiger partial charge >= 0.3 is 5.69 Å². The molecule has 19 heavy (non-hydrogen) atoms. The van der Waals surface area contributed by atoms with Gasteiger partial charge in [0.1, 0.15) is 0 Å². The first-order chi connectivity index (χ1) is 9.09. The van der Waals surface area contributed by atoms with E-state index in [-0.39, 0.29) is 11.2 Å². The zero-order chi connectivity index (χ0) is 13.8. The molecule has 7 heteroatoms. The van der Waals surface area contributed by atoms with Gasteiger partial charge in [-0.1, -0.05) is 0 Å². The van der Waals surface area contributed by atoms with Crippen LogP contribution in [0.1, 0.15) is 11.3 Å². The molecule has 0 aliphatic rings. The van der Waals surface area contributed by atoms with Crippen molar-refractivity contribution in [1.82, 2.24) is 19.4 Å². The molecule has 0 spiro atoms. The minimum Gasteiger partial charge on any atom is -0.312 e. The van der Waals surface area contributed by atoms with Crippen LogP contribution in [0.5, 0.6) is 0 Å². The Morgan fingerprint density at radius 1 is 1.37 bits per heavy atom. The van der Waals surface area contributed by atoms with E-state index in [1.54, 1.807) is 30.1 Å². The smallest absolute Gasteiger partial charge is 0.312 e. The zero-order valence-electron chi connectivity index (χ0n) is 10.9. The zero-order valence-corrected chi connectivity index (χ0v) is 11.7. The predicted molar refractivity (Wildman–Crippen MR) is 74.4 cm³/mol. The number of rotatable bonds is 5. The van der Waals surface area contributed by atoms with Gasteiger partial charge in [0.15, 0.2) is 0 Å². The molecule has 2 heterocycles. The lowest BCUT2D eigenvalue weighted by molar-refractivity contribution is 0.628. The van der Waals surface area contributed by atoms with Gasteiger partial charge < -0.3 is 9.88 Å². The minimum atomic E-state index is -0.309. The summed E-state index contributed by atoms with van der Waals surface area (Å²) in [5.41, 5.74) is 2.88. The van der Waals surface area contributed by atoms with Gasteiger partial charge in [0.2, 0.25) is 0 Å². The van der Waals surface area contributed by atoms with Crippen molar-refractivity contribution in [2.24, 2.45) is 14.1 Å². The number of hydrogen-bond donors (Lipinski definition) is 1. The Balaban J connectivity index is 1.97. The Morgan fingerprint density at radius 2 is 2.16 bits per heavy atom. The van der Waals surface area contributed by atoms with Crippen molar-refractivity contribution >= 4 is 11.3 Å². The van der Waals surface area contributed by atoms with Gasteiger partial charge in [0, 0.05) is 50.7 Å². The Kier molecular flexibility index (Phi) is 4.28. The van der Waals surface area contributed by atoms with E-state index in [1.807, 2.05) is 5.38 Å². The number of nitrogens with one attached hydrogen (secondary N) is 1. The van der Waals surface area contributed by atoms with Crippen LogP contribution in [0, 0.1) is 0 Å². The third-order valence-electron chi connectivity index (χ3n) is 2.87. The summed E-state index contributed by atoms with van der Waals surface area (Å²) in [4.78, 5) is 27.6. The summed E-state index contributed by atoms with van der Waals surface area (Å²) < 4.78 is 2.54. The Morgan fingerprint density at radius 3 is 2.84 bits per heavy atom. The molecule has 6 nitrogen and oxygen atoms in total. The molecule has 0 unspecified atom stereocenters. The van der Waals surface area contributed by atoms with Gasteiger partial charge in [-0.25, -0.2) is 9.78 Å². The van der Waals surface area contributed by atoms with Crippen LogP contribution in [0.3, 0.4) is 0 Å². The first-order valence-electron chi connectivity index (χ1n) is 5.93. The average Bonchev–Trinajstić information content (AvgIpc) is 2.91. The van der Waals surface area contributed by atoms with Gasteiger partial charge in [-0.3, -0.25) is 9.36 Å². The Hall–Kier alpha value is -1.73. The molecule has 0 aliphatic heterocycles. The lowest BCUT2D eigenvalue weighted by Gasteiger charge is -2.07. The fourth-order valence-corrected chi connectivity index (χ4v) is 2.40. The molecule has 2 aromatic rings. The van der Waals surface area contributed by atoms with Crippen molar-refractivity contribution in [3.8, 4) is 0 Å². The predicted octanol–water partition coefficient (Wildman–Crippen LogP) is -0.127. The quantitative estimate of drug-likeness (QED) is 0.775. The first kappa shape index (κ1) is 13.7. The van der Waals surface area contributed by atoms with E-state index in [0.29, 0.717) is 12.1 Å². The second kappa shape index (κ2) is 5.94. The minimum absolute atomic E-state index is 0.246. The summed E-state index contributed by atoms with van der Waals surface area (Å²) >= 11 is 1.57. The summed E-state index contributed by atoms with van der Waals surface area (Å²) in [6.07, 6.45) is 2.41. The van der Waals surface area contributed by atoms with Crippen molar-refractivity contribution in [3.63, 3.8) is 0 Å². The average molecular weight is 280 g/mol. The molecule has 0 radical (unpaired) electrons. The van der Waals surface area contributed by atoms with E-state index in [0.717, 1.165) is 23.2 Å². The summed E-state index contributed by atoms with van der Waals surface area (Å²) in [6, 6.07) is 0. The van der Waals surface area contributed by atoms with Crippen LogP contribution in [0.2, 0.25) is 0 Å². The van der Waals surface area contributed by atoms with Crippen LogP contribution in [0.15, 0.2) is 26.7 Å². The summed E-state index contributed by atoms with van der Waals surface area (Å²) in [5, 5.41) is 5.20. The topological polar surface area (TPSA) is 68.9 Å². The van der Waals surface area contributed by atoms with Crippen LogP contribution >= 0.6 is 11.3 Å². The van der Waals surface area contributed by atoms with Gasteiger partial charge in [-0.05, 0) is 0 Å². The lowest BCUT2D eigenvalue weighted by atomic mass is 10.3. The van der Waals surface area contributed by atoms with E-state index in [4.69, 9.17) is 0 Å². The Bertz CT molecular complexity index is 657. The van der Waals surface area contributed by atoms with E-state index in [9.17, 15) is 9.59 Å². The van der Waals surface area contributed by atoms with Gasteiger partial charge in [0.25, 0.3) is 5.56 Å². The number of aryl methyl sites for hydroxylation is 1. The molecule has 0 amide bonds. The lowest BCUT2D eigenvalue weighted by Crippen LogP contribution is -2.39. The highest BCUT2D eigenvalue weighted by Crippen LogP contribution is 2.00. The molecule has 0 saturated carbocycles. The van der Waals surface area contributed by atoms with Crippen molar-refractivity contribution in [2.45, 2.75) is 13.0 Å². The molecule has 0 fully saturated rings. The highest BCUT2D eigenvalue weighted by Gasteiger charge is 2.06. The maximum absolute atomic E-state index is 11.9. The fourth-order valence-electron chi connectivity index (χ4n) is 1.80. The standard InChI is InChI=1S/C12H16N4O2S/c1-15-6-9(11(17)16(2)12(15)18)5-13-4-3-10-7-19-8-14-10/h6-8,13H,3-5H2,1-2H3. The van der Waals surface area contributed by atoms with Gasteiger partial charge in [0.05, 0.1) is 11.2 Å². The van der Waals surface area contributed by atoms with Gasteiger partial charge in [-0.2, -0.15) is 0 Å². The number of nitrogens with zero attached hydrogens (tertiary/aromatic N) is 3. The first-order valence-corrected chi connectivity index (χ1v) is 6.87. The third kappa shape index (κ3) is 3.18. The van der Waals surface area contributed by atoms with Crippen LogP contribution < -0.4 is 16.6 Å². The van der Waals surface area contributed by atoms with Crippen LogP contribution in [0.4, 0.5) is 0 Å². The second-order valence-electron chi connectivity index (χ2n) is 4.32. The van der Waals surface area contributed by atoms with E-state index in [1.165, 1.54) is 11.6 Å². The van der Waals surface area contributed by atoms with E-state index in [2.05, 4.69) is 10.3 Å². The highest BCUT2D eigenvalue weighted by molar-refractivity contribution is 7.07. The molecule has 2 rings (SSSR count). The van der Waals surface area contributed by atoms with Crippen molar-refractivity contribution in [3.05, 3.63) is 49.2 Å². The van der Waals surface area contributed by atoms with E-state index < -0.39 is 0 Å². The SMILES string of the molecule is Cn1cc(CNCCc2cscn2)c(=O)n(C)c1=O. The molecule has 102 valence electrons. The highest BCUT2D eigenvalue weighted by atomic mass is 32.1. The molecular weight excluding hydrogens is 264 g/mol. The molecule has 0 saturated heterocycles. The Labute approximate surface area is 114 Å². The fraction of sp³-hybridized carbons (Fsp3) is 0.417. The summed E-state index contributed by atoms with van der Waals surface area (Å²) in [5.74, 6) is 0. The summed E-state index contributed by atoms with van der Waals surface area (Å²) in [6.45, 7) is 1.20. The molecular formula is C12H16N4O2S. The molecule has 0 atom stereocenters. The summed E-state index contributed by atoms with van der Waals surface area (Å²) in [7, 11) is 3.13. The maximum atomic E-state index is 11.9. The third-order valence-corrected chi connectivity index (χ3v) is 3.51. The van der Waals surface area contributed by atoms with Crippen LogP contribution in [0.25, 0.3) is 0 Å². The second-order valence-corrected chi connectivity index (χ2v) is 5.04. The van der Waals surface area contributed by atoms with Gasteiger partial charge in [-0.15, -0.1) is 11.3 Å².